The van der Waals surface area contributed by atoms with E-state index in [1.54, 1.807) is 32.9 Å². The van der Waals surface area contributed by atoms with Crippen molar-refractivity contribution in [3.05, 3.63) is 35.4 Å². The molecule has 2 N–H and O–H groups in total. The van der Waals surface area contributed by atoms with Crippen molar-refractivity contribution >= 4 is 15.9 Å². The van der Waals surface area contributed by atoms with Crippen LogP contribution in [0.4, 0.5) is 0 Å². The smallest absolute Gasteiger partial charge is 0.249 e. The molecule has 0 aliphatic rings. The number of carbonyl (C=O) groups excluding carboxylic acids is 1. The molecule has 142 valence electrons. The Morgan fingerprint density at radius 3 is 2.40 bits per heavy atom. The number of unbranched alkanes of at least 4 members (excludes halogenated alkanes) is 1. The fraction of sp³-hybridized carbons (Fsp3) is 0.611. The van der Waals surface area contributed by atoms with Crippen LogP contribution in [-0.2, 0) is 31.9 Å². The molecule has 0 heterocycles. The van der Waals surface area contributed by atoms with Gasteiger partial charge < -0.3 is 10.1 Å². The Bertz CT molecular complexity index is 644. The predicted octanol–water partition coefficient (Wildman–Crippen LogP) is 2.34. The summed E-state index contributed by atoms with van der Waals surface area (Å²) in [7, 11) is -3.41. The van der Waals surface area contributed by atoms with Crippen molar-refractivity contribution in [1.82, 2.24) is 10.0 Å². The fourth-order valence-electron chi connectivity index (χ4n) is 2.28. The van der Waals surface area contributed by atoms with Crippen LogP contribution in [0.1, 0.15) is 51.7 Å². The number of hydrogen-bond donors (Lipinski definition) is 2. The molecular formula is C18H30N2O4S. The highest BCUT2D eigenvalue weighted by atomic mass is 32.2. The van der Waals surface area contributed by atoms with Gasteiger partial charge in [0.15, 0.2) is 0 Å². The molecule has 7 heteroatoms. The Kier molecular flexibility index (Phi) is 9.10. The van der Waals surface area contributed by atoms with Crippen LogP contribution in [-0.4, -0.2) is 33.1 Å². The summed E-state index contributed by atoms with van der Waals surface area (Å²) >= 11 is 0. The van der Waals surface area contributed by atoms with Crippen LogP contribution in [0.3, 0.4) is 0 Å². The topological polar surface area (TPSA) is 84.5 Å². The lowest BCUT2D eigenvalue weighted by Gasteiger charge is -2.15. The van der Waals surface area contributed by atoms with Crippen LogP contribution < -0.4 is 10.0 Å². The van der Waals surface area contributed by atoms with Crippen LogP contribution in [0.15, 0.2) is 24.3 Å². The van der Waals surface area contributed by atoms with E-state index in [1.807, 2.05) is 12.1 Å². The van der Waals surface area contributed by atoms with E-state index in [2.05, 4.69) is 17.0 Å². The molecule has 0 fully saturated rings. The van der Waals surface area contributed by atoms with Gasteiger partial charge in [-0.3, -0.25) is 4.79 Å². The van der Waals surface area contributed by atoms with E-state index < -0.39 is 16.1 Å². The number of nitrogens with one attached hydrogen (secondary N) is 2. The maximum atomic E-state index is 12.1. The van der Waals surface area contributed by atoms with Crippen LogP contribution in [0.5, 0.6) is 0 Å². The van der Waals surface area contributed by atoms with Crippen molar-refractivity contribution in [3.63, 3.8) is 0 Å². The zero-order valence-electron chi connectivity index (χ0n) is 15.5. The number of rotatable bonds is 11. The Morgan fingerprint density at radius 2 is 1.80 bits per heavy atom. The quantitative estimate of drug-likeness (QED) is 0.586. The van der Waals surface area contributed by atoms with Gasteiger partial charge in [0.2, 0.25) is 15.9 Å². The summed E-state index contributed by atoms with van der Waals surface area (Å²) in [6.07, 6.45) is 1.41. The molecule has 0 bridgehead atoms. The van der Waals surface area contributed by atoms with Crippen molar-refractivity contribution in [2.24, 2.45) is 0 Å². The average molecular weight is 371 g/mol. The molecule has 1 amide bonds. The van der Waals surface area contributed by atoms with E-state index in [0.717, 1.165) is 18.4 Å². The molecular weight excluding hydrogens is 340 g/mol. The Labute approximate surface area is 151 Å². The molecule has 1 unspecified atom stereocenters. The molecule has 25 heavy (non-hydrogen) atoms. The minimum atomic E-state index is -3.41. The highest BCUT2D eigenvalue weighted by Gasteiger charge is 2.17. The van der Waals surface area contributed by atoms with E-state index in [9.17, 15) is 13.2 Å². The molecule has 0 saturated carbocycles. The summed E-state index contributed by atoms with van der Waals surface area (Å²) in [5.74, 6) is -0.311. The third-order valence-corrected chi connectivity index (χ3v) is 5.09. The van der Waals surface area contributed by atoms with Gasteiger partial charge in [-0.1, -0.05) is 37.6 Å². The van der Waals surface area contributed by atoms with Gasteiger partial charge >= 0.3 is 0 Å². The van der Waals surface area contributed by atoms with Crippen molar-refractivity contribution in [3.8, 4) is 0 Å². The molecule has 0 spiro atoms. The van der Waals surface area contributed by atoms with Gasteiger partial charge in [0.05, 0.1) is 5.75 Å². The third-order valence-electron chi connectivity index (χ3n) is 3.57. The van der Waals surface area contributed by atoms with Gasteiger partial charge in [0, 0.05) is 19.2 Å². The first-order chi connectivity index (χ1) is 11.7. The normalized spacial score (nSPS) is 13.0. The first kappa shape index (κ1) is 21.6. The molecule has 1 aromatic rings. The molecule has 0 aromatic heterocycles. The minimum Gasteiger partial charge on any atom is -0.369 e. The highest BCUT2D eigenvalue weighted by Crippen LogP contribution is 2.12. The van der Waals surface area contributed by atoms with Gasteiger partial charge in [-0.05, 0) is 38.3 Å². The lowest BCUT2D eigenvalue weighted by Crippen LogP contribution is -2.35. The van der Waals surface area contributed by atoms with Crippen molar-refractivity contribution in [2.45, 2.75) is 65.0 Å². The molecule has 1 atom stereocenters. The number of ether oxygens (including phenoxy) is 1. The first-order valence-electron chi connectivity index (χ1n) is 8.71. The second-order valence-electron chi connectivity index (χ2n) is 6.38. The van der Waals surface area contributed by atoms with Crippen LogP contribution in [0.2, 0.25) is 0 Å². The largest absolute Gasteiger partial charge is 0.369 e. The predicted molar refractivity (Wildman–Crippen MR) is 99.5 cm³/mol. The zero-order chi connectivity index (χ0) is 18.9. The molecule has 1 aromatic carbocycles. The maximum absolute atomic E-state index is 12.1. The standard InChI is InChI=1S/C18H30N2O4S/c1-5-6-11-24-15(4)18(21)19-12-16-9-7-8-10-17(16)13-25(22,23)20-14(2)3/h7-10,14-15,20H,5-6,11-13H2,1-4H3,(H,19,21). The zero-order valence-corrected chi connectivity index (χ0v) is 16.4. The SMILES string of the molecule is CCCCOC(C)C(=O)NCc1ccccc1CS(=O)(=O)NC(C)C. The fourth-order valence-corrected chi connectivity index (χ4v) is 3.78. The number of carbonyl (C=O) groups is 1. The first-order valence-corrected chi connectivity index (χ1v) is 10.4. The summed E-state index contributed by atoms with van der Waals surface area (Å²) in [6.45, 7) is 8.17. The number of hydrogen-bond acceptors (Lipinski definition) is 4. The number of benzene rings is 1. The van der Waals surface area contributed by atoms with E-state index in [0.29, 0.717) is 12.2 Å². The van der Waals surface area contributed by atoms with E-state index in [1.165, 1.54) is 0 Å². The Balaban J connectivity index is 2.66. The van der Waals surface area contributed by atoms with Crippen molar-refractivity contribution in [2.75, 3.05) is 6.61 Å². The van der Waals surface area contributed by atoms with E-state index in [-0.39, 0.29) is 24.2 Å². The average Bonchev–Trinajstić information content (AvgIpc) is 2.52. The van der Waals surface area contributed by atoms with Gasteiger partial charge in [0.1, 0.15) is 6.10 Å². The molecule has 6 nitrogen and oxygen atoms in total. The monoisotopic (exact) mass is 370 g/mol. The van der Waals surface area contributed by atoms with Gasteiger partial charge in [0.25, 0.3) is 0 Å². The lowest BCUT2D eigenvalue weighted by molar-refractivity contribution is -0.131. The van der Waals surface area contributed by atoms with Crippen molar-refractivity contribution in [1.29, 1.82) is 0 Å². The molecule has 0 aliphatic heterocycles. The van der Waals surface area contributed by atoms with E-state index >= 15 is 0 Å². The summed E-state index contributed by atoms with van der Waals surface area (Å²) in [6, 6.07) is 7.06. The van der Waals surface area contributed by atoms with Gasteiger partial charge in [-0.15, -0.1) is 0 Å². The molecule has 0 radical (unpaired) electrons. The number of sulfonamides is 1. The minimum absolute atomic E-state index is 0.111. The summed E-state index contributed by atoms with van der Waals surface area (Å²) in [4.78, 5) is 12.1. The van der Waals surface area contributed by atoms with Crippen LogP contribution >= 0.6 is 0 Å². The second kappa shape index (κ2) is 10.5. The maximum Gasteiger partial charge on any atom is 0.249 e. The lowest BCUT2D eigenvalue weighted by atomic mass is 10.1. The summed E-state index contributed by atoms with van der Waals surface area (Å²) < 4.78 is 32.3. The molecule has 0 aliphatic carbocycles. The van der Waals surface area contributed by atoms with Gasteiger partial charge in [-0.25, -0.2) is 13.1 Å². The highest BCUT2D eigenvalue weighted by molar-refractivity contribution is 7.88. The van der Waals surface area contributed by atoms with Crippen molar-refractivity contribution < 1.29 is 17.9 Å². The number of amides is 1. The van der Waals surface area contributed by atoms with Crippen LogP contribution in [0.25, 0.3) is 0 Å². The molecule has 0 saturated heterocycles. The summed E-state index contributed by atoms with van der Waals surface area (Å²) in [5, 5.41) is 2.81. The van der Waals surface area contributed by atoms with E-state index in [4.69, 9.17) is 4.74 Å². The Morgan fingerprint density at radius 1 is 1.16 bits per heavy atom. The van der Waals surface area contributed by atoms with Crippen LogP contribution in [0, 0.1) is 0 Å². The molecule has 1 rings (SSSR count). The van der Waals surface area contributed by atoms with Gasteiger partial charge in [-0.2, -0.15) is 0 Å². The Hall–Kier alpha value is -1.44. The third kappa shape index (κ3) is 8.47. The summed E-state index contributed by atoms with van der Waals surface area (Å²) in [5.41, 5.74) is 1.46. The second-order valence-corrected chi connectivity index (χ2v) is 8.14.